The summed E-state index contributed by atoms with van der Waals surface area (Å²) in [6, 6.07) is 9.99. The van der Waals surface area contributed by atoms with Gasteiger partial charge in [-0.05, 0) is 23.7 Å². The fraction of sp³-hybridized carbons (Fsp3) is 0.250. The lowest BCUT2D eigenvalue weighted by molar-refractivity contribution is 0.504. The molecule has 0 aliphatic heterocycles. The molecule has 0 saturated carbocycles. The summed E-state index contributed by atoms with van der Waals surface area (Å²) < 4.78 is 2.17. The molecular weight excluding hydrogens is 300 g/mol. The molecule has 0 atom stereocenters. The van der Waals surface area contributed by atoms with Crippen LogP contribution in [0.15, 0.2) is 40.5 Å². The summed E-state index contributed by atoms with van der Waals surface area (Å²) in [5.74, 6) is 0.370. The standard InChI is InChI=1S/C16H16N2OS2/c1-10(2)8-18-15(19)13-12(11-6-4-3-5-7-11)9-21-14(13)17-16(18)20/h3-7,9-10H,8H2,1-2H3,(H,17,20). The van der Waals surface area contributed by atoms with E-state index in [9.17, 15) is 4.79 Å². The van der Waals surface area contributed by atoms with E-state index in [1.54, 1.807) is 4.57 Å². The highest BCUT2D eigenvalue weighted by Gasteiger charge is 2.14. The summed E-state index contributed by atoms with van der Waals surface area (Å²) in [6.07, 6.45) is 0. The number of thiophene rings is 1. The third kappa shape index (κ3) is 2.59. The third-order valence-corrected chi connectivity index (χ3v) is 4.57. The van der Waals surface area contributed by atoms with Gasteiger partial charge in [0, 0.05) is 17.5 Å². The quantitative estimate of drug-likeness (QED) is 0.725. The number of nitrogens with zero attached hydrogens (tertiary/aromatic N) is 1. The average Bonchev–Trinajstić information content (AvgIpc) is 2.88. The predicted molar refractivity (Wildman–Crippen MR) is 91.5 cm³/mol. The Labute approximate surface area is 131 Å². The third-order valence-electron chi connectivity index (χ3n) is 3.35. The van der Waals surface area contributed by atoms with Crippen molar-refractivity contribution in [2.45, 2.75) is 20.4 Å². The molecule has 0 amide bonds. The minimum absolute atomic E-state index is 0.00236. The van der Waals surface area contributed by atoms with E-state index in [0.717, 1.165) is 21.3 Å². The second kappa shape index (κ2) is 5.58. The van der Waals surface area contributed by atoms with Crippen molar-refractivity contribution in [1.82, 2.24) is 9.55 Å². The smallest absolute Gasteiger partial charge is 0.263 e. The van der Waals surface area contributed by atoms with E-state index in [-0.39, 0.29) is 5.56 Å². The Balaban J connectivity index is 2.31. The number of aromatic amines is 1. The number of fused-ring (bicyclic) bond motifs is 1. The number of aromatic nitrogens is 2. The van der Waals surface area contributed by atoms with Crippen molar-refractivity contribution in [2.75, 3.05) is 0 Å². The molecule has 0 saturated heterocycles. The minimum atomic E-state index is 0.00236. The van der Waals surface area contributed by atoms with Crippen molar-refractivity contribution in [3.63, 3.8) is 0 Å². The maximum atomic E-state index is 12.8. The molecule has 0 fully saturated rings. The number of H-pyrrole nitrogens is 1. The topological polar surface area (TPSA) is 37.8 Å². The summed E-state index contributed by atoms with van der Waals surface area (Å²) in [4.78, 5) is 16.9. The predicted octanol–water partition coefficient (Wildman–Crippen LogP) is 4.44. The largest absolute Gasteiger partial charge is 0.323 e. The Bertz CT molecular complexity index is 888. The maximum Gasteiger partial charge on any atom is 0.263 e. The van der Waals surface area contributed by atoms with Gasteiger partial charge in [0.05, 0.1) is 5.39 Å². The lowest BCUT2D eigenvalue weighted by atomic mass is 10.1. The lowest BCUT2D eigenvalue weighted by Crippen LogP contribution is -2.24. The van der Waals surface area contributed by atoms with E-state index in [1.807, 2.05) is 35.7 Å². The van der Waals surface area contributed by atoms with Crippen LogP contribution in [0.2, 0.25) is 0 Å². The first-order valence-electron chi connectivity index (χ1n) is 6.87. The average molecular weight is 316 g/mol. The molecule has 0 radical (unpaired) electrons. The summed E-state index contributed by atoms with van der Waals surface area (Å²) in [5, 5.41) is 2.76. The van der Waals surface area contributed by atoms with E-state index in [2.05, 4.69) is 18.8 Å². The van der Waals surface area contributed by atoms with Gasteiger partial charge in [-0.2, -0.15) is 0 Å². The maximum absolute atomic E-state index is 12.8. The van der Waals surface area contributed by atoms with E-state index in [1.165, 1.54) is 11.3 Å². The van der Waals surface area contributed by atoms with Crippen LogP contribution in [0, 0.1) is 10.7 Å². The Morgan fingerprint density at radius 2 is 2.00 bits per heavy atom. The second-order valence-electron chi connectivity index (χ2n) is 5.46. The molecule has 0 spiro atoms. The first-order chi connectivity index (χ1) is 10.1. The molecule has 3 rings (SSSR count). The monoisotopic (exact) mass is 316 g/mol. The highest BCUT2D eigenvalue weighted by Crippen LogP contribution is 2.30. The van der Waals surface area contributed by atoms with Gasteiger partial charge >= 0.3 is 0 Å². The van der Waals surface area contributed by atoms with Gasteiger partial charge in [-0.1, -0.05) is 44.2 Å². The summed E-state index contributed by atoms with van der Waals surface area (Å²) in [6.45, 7) is 4.79. The molecule has 0 aliphatic carbocycles. The Kier molecular flexibility index (Phi) is 3.78. The lowest BCUT2D eigenvalue weighted by Gasteiger charge is -2.09. The number of nitrogens with one attached hydrogen (secondary N) is 1. The molecule has 3 nitrogen and oxygen atoms in total. The highest BCUT2D eigenvalue weighted by atomic mass is 32.1. The summed E-state index contributed by atoms with van der Waals surface area (Å²) in [7, 11) is 0. The van der Waals surface area contributed by atoms with Crippen LogP contribution in [0.1, 0.15) is 13.8 Å². The van der Waals surface area contributed by atoms with Crippen molar-refractivity contribution >= 4 is 33.8 Å². The van der Waals surface area contributed by atoms with Crippen molar-refractivity contribution in [1.29, 1.82) is 0 Å². The summed E-state index contributed by atoms with van der Waals surface area (Å²) >= 11 is 6.85. The molecule has 1 N–H and O–H groups in total. The van der Waals surface area contributed by atoms with Gasteiger partial charge in [0.2, 0.25) is 0 Å². The molecular formula is C16H16N2OS2. The Hall–Kier alpha value is -1.72. The second-order valence-corrected chi connectivity index (χ2v) is 6.73. The van der Waals surface area contributed by atoms with Gasteiger partial charge in [-0.15, -0.1) is 11.3 Å². The zero-order valence-electron chi connectivity index (χ0n) is 11.9. The van der Waals surface area contributed by atoms with E-state index < -0.39 is 0 Å². The molecule has 1 aromatic carbocycles. The molecule has 21 heavy (non-hydrogen) atoms. The van der Waals surface area contributed by atoms with Crippen LogP contribution in [0.3, 0.4) is 0 Å². The van der Waals surface area contributed by atoms with Gasteiger partial charge in [0.25, 0.3) is 5.56 Å². The minimum Gasteiger partial charge on any atom is -0.323 e. The van der Waals surface area contributed by atoms with Gasteiger partial charge in [-0.25, -0.2) is 0 Å². The SMILES string of the molecule is CC(C)Cn1c(=S)[nH]c2scc(-c3ccccc3)c2c1=O. The fourth-order valence-corrected chi connectivity index (χ4v) is 3.70. The molecule has 0 bridgehead atoms. The van der Waals surface area contributed by atoms with Crippen LogP contribution in [-0.4, -0.2) is 9.55 Å². The summed E-state index contributed by atoms with van der Waals surface area (Å²) in [5.41, 5.74) is 2.04. The zero-order chi connectivity index (χ0) is 15.0. The zero-order valence-corrected chi connectivity index (χ0v) is 13.6. The number of hydrogen-bond acceptors (Lipinski definition) is 3. The van der Waals surface area contributed by atoms with E-state index in [0.29, 0.717) is 17.2 Å². The van der Waals surface area contributed by atoms with E-state index in [4.69, 9.17) is 12.2 Å². The van der Waals surface area contributed by atoms with Gasteiger partial charge in [0.15, 0.2) is 4.77 Å². The molecule has 3 aromatic rings. The van der Waals surface area contributed by atoms with Gasteiger partial charge in [-0.3, -0.25) is 9.36 Å². The molecule has 108 valence electrons. The Morgan fingerprint density at radius 1 is 1.29 bits per heavy atom. The number of hydrogen-bond donors (Lipinski definition) is 1. The molecule has 2 aromatic heterocycles. The van der Waals surface area contributed by atoms with Crippen molar-refractivity contribution in [3.05, 3.63) is 50.8 Å². The van der Waals surface area contributed by atoms with Crippen molar-refractivity contribution in [3.8, 4) is 11.1 Å². The van der Waals surface area contributed by atoms with Crippen molar-refractivity contribution in [2.24, 2.45) is 5.92 Å². The van der Waals surface area contributed by atoms with Crippen LogP contribution in [0.25, 0.3) is 21.3 Å². The normalized spacial score (nSPS) is 11.4. The first-order valence-corrected chi connectivity index (χ1v) is 8.16. The van der Waals surface area contributed by atoms with Gasteiger partial charge < -0.3 is 4.98 Å². The van der Waals surface area contributed by atoms with Gasteiger partial charge in [0.1, 0.15) is 4.83 Å². The van der Waals surface area contributed by atoms with Crippen molar-refractivity contribution < 1.29 is 0 Å². The van der Waals surface area contributed by atoms with Crippen LogP contribution in [0.4, 0.5) is 0 Å². The molecule has 0 aliphatic rings. The molecule has 0 unspecified atom stereocenters. The van der Waals surface area contributed by atoms with E-state index >= 15 is 0 Å². The van der Waals surface area contributed by atoms with Crippen LogP contribution >= 0.6 is 23.6 Å². The van der Waals surface area contributed by atoms with Crippen LogP contribution < -0.4 is 5.56 Å². The number of rotatable bonds is 3. The molecule has 5 heteroatoms. The van der Waals surface area contributed by atoms with Crippen LogP contribution in [0.5, 0.6) is 0 Å². The molecule has 2 heterocycles. The number of benzene rings is 1. The fourth-order valence-electron chi connectivity index (χ4n) is 2.42. The Morgan fingerprint density at radius 3 is 2.67 bits per heavy atom. The van der Waals surface area contributed by atoms with Crippen LogP contribution in [-0.2, 0) is 6.54 Å². The highest BCUT2D eigenvalue weighted by molar-refractivity contribution is 7.71. The first kappa shape index (κ1) is 14.2.